The summed E-state index contributed by atoms with van der Waals surface area (Å²) in [5, 5.41) is 0. The van der Waals surface area contributed by atoms with Crippen LogP contribution in [0.1, 0.15) is 0 Å². The first-order chi connectivity index (χ1) is 2.00. The van der Waals surface area contributed by atoms with E-state index in [0.29, 0.717) is 0 Å². The molecule has 0 atom stereocenters. The summed E-state index contributed by atoms with van der Waals surface area (Å²) >= 11 is -7.25. The molecule has 0 aliphatic carbocycles. The number of halogens is 4. The summed E-state index contributed by atoms with van der Waals surface area (Å²) in [6.07, 6.45) is 0. The van der Waals surface area contributed by atoms with Crippen LogP contribution in [0, 0.1) is 0 Å². The fourth-order valence-corrected chi connectivity index (χ4v) is 0. The van der Waals surface area contributed by atoms with E-state index in [0.717, 1.165) is 0 Å². The fraction of sp³-hybridized carbons (Fsp3) is 0. The average Bonchev–Trinajstić information content (AvgIpc) is 0.722. The predicted octanol–water partition coefficient (Wildman–Crippen LogP) is 1.30. The standard InChI is InChI=1S/Ca.4FH/h;4*1H/q+4;;;;/p-4. The molecular formula is CaF4. The Morgan fingerprint density at radius 2 is 0.800 bits per heavy atom. The van der Waals surface area contributed by atoms with Crippen LogP contribution in [-0.2, 0) is 0 Å². The van der Waals surface area contributed by atoms with Gasteiger partial charge in [0.05, 0.1) is 0 Å². The Bertz CT molecular complexity index is 19.1. The molecule has 2 radical (unpaired) electrons. The zero-order valence-corrected chi connectivity index (χ0v) is 4.43. The van der Waals surface area contributed by atoms with Gasteiger partial charge in [-0.1, -0.05) is 0 Å². The van der Waals surface area contributed by atoms with Gasteiger partial charge in [-0.05, 0) is 0 Å². The van der Waals surface area contributed by atoms with Gasteiger partial charge in [-0.3, -0.25) is 0 Å². The predicted molar refractivity (Wildman–Crippen MR) is 10.2 cm³/mol. The maximum atomic E-state index is 9.91. The Kier molecular flexibility index (Phi) is 1.94. The van der Waals surface area contributed by atoms with Crippen LogP contribution in [0.5, 0.6) is 0 Å². The second kappa shape index (κ2) is 1.62. The molecule has 0 rings (SSSR count). The van der Waals surface area contributed by atoms with E-state index in [-0.39, 0.29) is 0 Å². The molecule has 0 aromatic rings. The average molecular weight is 116 g/mol. The molecule has 0 bridgehead atoms. The van der Waals surface area contributed by atoms with E-state index in [1.54, 1.807) is 0 Å². The second-order valence-corrected chi connectivity index (χ2v) is 2.50. The van der Waals surface area contributed by atoms with Crippen molar-refractivity contribution in [3.05, 3.63) is 0 Å². The Morgan fingerprint density at radius 3 is 0.800 bits per heavy atom. The molecule has 0 nitrogen and oxygen atoms in total. The summed E-state index contributed by atoms with van der Waals surface area (Å²) in [5.41, 5.74) is 0. The number of hydrogen-bond donors (Lipinski definition) is 0. The zero-order valence-electron chi connectivity index (χ0n) is 2.22. The van der Waals surface area contributed by atoms with Gasteiger partial charge in [0.15, 0.2) is 0 Å². The van der Waals surface area contributed by atoms with E-state index in [4.69, 9.17) is 0 Å². The SMILES string of the molecule is [F][Ca]([F])([F])[F]. The van der Waals surface area contributed by atoms with Crippen molar-refractivity contribution in [1.82, 2.24) is 0 Å². The van der Waals surface area contributed by atoms with E-state index >= 15 is 0 Å². The van der Waals surface area contributed by atoms with Crippen LogP contribution in [-0.4, -0.2) is 33.0 Å². The van der Waals surface area contributed by atoms with Crippen LogP contribution >= 0.6 is 0 Å². The molecule has 0 N–H and O–H groups in total. The van der Waals surface area contributed by atoms with Crippen molar-refractivity contribution in [1.29, 1.82) is 0 Å². The molecule has 0 saturated carbocycles. The Balaban J connectivity index is 3.02. The molecular weight excluding hydrogens is 116 g/mol. The third-order valence-electron chi connectivity index (χ3n) is 0. The summed E-state index contributed by atoms with van der Waals surface area (Å²) in [7, 11) is 0. The van der Waals surface area contributed by atoms with Gasteiger partial charge in [0.25, 0.3) is 0 Å². The van der Waals surface area contributed by atoms with Crippen molar-refractivity contribution in [3.8, 4) is 0 Å². The van der Waals surface area contributed by atoms with E-state index < -0.39 is 33.0 Å². The van der Waals surface area contributed by atoms with Gasteiger partial charge >= 0.3 is 38.5 Å². The van der Waals surface area contributed by atoms with Gasteiger partial charge in [0.2, 0.25) is 0 Å². The molecule has 0 spiro atoms. The van der Waals surface area contributed by atoms with Crippen molar-refractivity contribution < 1.29 is 5.46 Å². The minimum absolute atomic E-state index is 7.25. The third kappa shape index (κ3) is 46.1. The summed E-state index contributed by atoms with van der Waals surface area (Å²) in [4.78, 5) is 0. The summed E-state index contributed by atoms with van der Waals surface area (Å²) in [5.74, 6) is 0. The van der Waals surface area contributed by atoms with Gasteiger partial charge in [-0.2, -0.15) is 0 Å². The van der Waals surface area contributed by atoms with Crippen LogP contribution in [0.15, 0.2) is 0 Å². The van der Waals surface area contributed by atoms with Gasteiger partial charge < -0.3 is 0 Å². The summed E-state index contributed by atoms with van der Waals surface area (Å²) in [6.45, 7) is 0. The van der Waals surface area contributed by atoms with Crippen LogP contribution < -0.4 is 0 Å². The minimum atomic E-state index is -7.25. The van der Waals surface area contributed by atoms with Crippen LogP contribution in [0.2, 0.25) is 0 Å². The van der Waals surface area contributed by atoms with E-state index in [2.05, 4.69) is 0 Å². The Morgan fingerprint density at radius 1 is 0.800 bits per heavy atom. The molecule has 0 amide bonds. The normalized spacial score (nSPS) is 12.0. The van der Waals surface area contributed by atoms with Gasteiger partial charge in [-0.15, -0.1) is 0 Å². The molecule has 0 unspecified atom stereocenters. The molecule has 5 heavy (non-hydrogen) atoms. The van der Waals surface area contributed by atoms with Crippen molar-refractivity contribution in [2.45, 2.75) is 0 Å². The summed E-state index contributed by atoms with van der Waals surface area (Å²) in [6, 6.07) is 0. The van der Waals surface area contributed by atoms with Gasteiger partial charge in [0.1, 0.15) is 0 Å². The monoisotopic (exact) mass is 116 g/mol. The van der Waals surface area contributed by atoms with E-state index in [9.17, 15) is 5.46 Å². The zero-order chi connectivity index (χ0) is 4.50. The van der Waals surface area contributed by atoms with Crippen molar-refractivity contribution in [2.24, 2.45) is 0 Å². The molecule has 0 saturated heterocycles. The molecule has 0 aromatic heterocycles. The van der Waals surface area contributed by atoms with E-state index in [1.165, 1.54) is 0 Å². The van der Waals surface area contributed by atoms with Gasteiger partial charge in [0, 0.05) is 0 Å². The number of rotatable bonds is 0. The van der Waals surface area contributed by atoms with Gasteiger partial charge in [-0.25, -0.2) is 0 Å². The van der Waals surface area contributed by atoms with Crippen molar-refractivity contribution in [3.63, 3.8) is 0 Å². The van der Waals surface area contributed by atoms with Crippen LogP contribution in [0.3, 0.4) is 0 Å². The first kappa shape index (κ1) is 5.98. The molecule has 30 valence electrons. The molecule has 0 heterocycles. The van der Waals surface area contributed by atoms with Crippen LogP contribution in [0.4, 0.5) is 5.46 Å². The van der Waals surface area contributed by atoms with E-state index in [1.807, 2.05) is 0 Å². The molecule has 5 heteroatoms. The van der Waals surface area contributed by atoms with Crippen molar-refractivity contribution >= 4 is 33.0 Å². The Labute approximate surface area is 38.3 Å². The number of hydrogen-bond acceptors (Lipinski definition) is 0. The molecule has 0 aliphatic rings. The third-order valence-corrected chi connectivity index (χ3v) is 0. The maximum absolute atomic E-state index is 9.91. The topological polar surface area (TPSA) is 0 Å². The Hall–Kier alpha value is 0.980. The van der Waals surface area contributed by atoms with Crippen LogP contribution in [0.25, 0.3) is 0 Å². The summed E-state index contributed by atoms with van der Waals surface area (Å²) < 4.78 is 39.6. The quantitative estimate of drug-likeness (QED) is 0.330. The second-order valence-electron chi connectivity index (χ2n) is 0.606. The fourth-order valence-electron chi connectivity index (χ4n) is 0. The molecule has 0 aliphatic heterocycles. The molecule has 0 aromatic carbocycles. The molecule has 0 fully saturated rings. The first-order valence-electron chi connectivity index (χ1n) is 1.07. The first-order valence-corrected chi connectivity index (χ1v) is 4.41. The van der Waals surface area contributed by atoms with Crippen molar-refractivity contribution in [2.75, 3.05) is 0 Å².